The van der Waals surface area contributed by atoms with E-state index in [9.17, 15) is 14.0 Å². The van der Waals surface area contributed by atoms with Crippen LogP contribution in [-0.2, 0) is 9.59 Å². The number of carbonyl (C=O) groups is 2. The van der Waals surface area contributed by atoms with Gasteiger partial charge in [0, 0.05) is 6.54 Å². The fourth-order valence-corrected chi connectivity index (χ4v) is 1.98. The molecule has 0 saturated heterocycles. The number of benzene rings is 1. The molecule has 1 aromatic carbocycles. The molecule has 1 aliphatic rings. The van der Waals surface area contributed by atoms with Crippen molar-refractivity contribution in [2.24, 2.45) is 5.41 Å². The van der Waals surface area contributed by atoms with Gasteiger partial charge >= 0.3 is 5.97 Å². The molecule has 0 bridgehead atoms. The largest absolute Gasteiger partial charge is 0.494 e. The topological polar surface area (TPSA) is 75.6 Å². The molecule has 1 aliphatic carbocycles. The van der Waals surface area contributed by atoms with E-state index < -0.39 is 17.3 Å². The number of amides is 1. The highest BCUT2D eigenvalue weighted by atomic mass is 19.1. The Bertz CT molecular complexity index is 511. The fourth-order valence-electron chi connectivity index (χ4n) is 1.98. The monoisotopic (exact) mass is 295 g/mol. The molecular formula is C15H18FNO4. The highest BCUT2D eigenvalue weighted by Crippen LogP contribution is 2.46. The second-order valence-electron chi connectivity index (χ2n) is 5.15. The predicted molar refractivity (Wildman–Crippen MR) is 73.4 cm³/mol. The quantitative estimate of drug-likeness (QED) is 0.568. The molecular weight excluding hydrogens is 277 g/mol. The zero-order valence-electron chi connectivity index (χ0n) is 11.6. The van der Waals surface area contributed by atoms with Crippen LogP contribution in [0.15, 0.2) is 24.3 Å². The van der Waals surface area contributed by atoms with Crippen LogP contribution in [0.3, 0.4) is 0 Å². The summed E-state index contributed by atoms with van der Waals surface area (Å²) in [7, 11) is 0. The van der Waals surface area contributed by atoms with E-state index in [1.807, 2.05) is 0 Å². The first-order chi connectivity index (χ1) is 10.0. The van der Waals surface area contributed by atoms with E-state index in [1.165, 1.54) is 12.1 Å². The van der Waals surface area contributed by atoms with Crippen molar-refractivity contribution in [1.82, 2.24) is 5.32 Å². The number of carbonyl (C=O) groups excluding carboxylic acids is 1. The number of hydrogen-bond acceptors (Lipinski definition) is 3. The number of hydrogen-bond donors (Lipinski definition) is 2. The maximum absolute atomic E-state index is 12.7. The highest BCUT2D eigenvalue weighted by molar-refractivity contribution is 6.04. The minimum atomic E-state index is -1.18. The molecule has 1 saturated carbocycles. The molecule has 1 amide bonds. The summed E-state index contributed by atoms with van der Waals surface area (Å²) in [4.78, 5) is 22.6. The minimum absolute atomic E-state index is 0.308. The molecule has 0 aromatic heterocycles. The molecule has 21 heavy (non-hydrogen) atoms. The van der Waals surface area contributed by atoms with Crippen LogP contribution in [0.1, 0.15) is 25.7 Å². The molecule has 0 aliphatic heterocycles. The van der Waals surface area contributed by atoms with Crippen molar-refractivity contribution < 1.29 is 23.8 Å². The first-order valence-corrected chi connectivity index (χ1v) is 6.95. The molecule has 5 nitrogen and oxygen atoms in total. The average molecular weight is 295 g/mol. The molecule has 2 rings (SSSR count). The Hall–Kier alpha value is -2.11. The third-order valence-electron chi connectivity index (χ3n) is 3.53. The molecule has 1 fully saturated rings. The Morgan fingerprint density at radius 1 is 1.24 bits per heavy atom. The smallest absolute Gasteiger partial charge is 0.319 e. The van der Waals surface area contributed by atoms with Gasteiger partial charge in [-0.25, -0.2) is 4.39 Å². The predicted octanol–water partition coefficient (Wildman–Crippen LogP) is 1.97. The lowest BCUT2D eigenvalue weighted by atomic mass is 10.1. The highest BCUT2D eigenvalue weighted by Gasteiger charge is 2.56. The van der Waals surface area contributed by atoms with E-state index in [4.69, 9.17) is 9.84 Å². The van der Waals surface area contributed by atoms with Gasteiger partial charge in [-0.1, -0.05) is 0 Å². The lowest BCUT2D eigenvalue weighted by Gasteiger charge is -2.11. The molecule has 0 heterocycles. The molecule has 1 aromatic rings. The number of rotatable bonds is 8. The Morgan fingerprint density at radius 2 is 1.90 bits per heavy atom. The van der Waals surface area contributed by atoms with Crippen molar-refractivity contribution in [2.75, 3.05) is 13.2 Å². The SMILES string of the molecule is O=C(O)C1(C(=O)NCCCCOc2ccc(F)cc2)CC1. The van der Waals surface area contributed by atoms with Gasteiger partial charge in [-0.2, -0.15) is 0 Å². The van der Waals surface area contributed by atoms with Crippen molar-refractivity contribution in [3.63, 3.8) is 0 Å². The molecule has 0 spiro atoms. The van der Waals surface area contributed by atoms with E-state index in [0.29, 0.717) is 38.2 Å². The van der Waals surface area contributed by atoms with Gasteiger partial charge in [0.15, 0.2) is 0 Å². The maximum Gasteiger partial charge on any atom is 0.319 e. The molecule has 0 radical (unpaired) electrons. The van der Waals surface area contributed by atoms with Gasteiger partial charge in [0.1, 0.15) is 17.0 Å². The van der Waals surface area contributed by atoms with Crippen molar-refractivity contribution in [3.8, 4) is 5.75 Å². The lowest BCUT2D eigenvalue weighted by Crippen LogP contribution is -2.37. The number of nitrogens with one attached hydrogen (secondary N) is 1. The van der Waals surface area contributed by atoms with E-state index in [2.05, 4.69) is 5.32 Å². The second-order valence-corrected chi connectivity index (χ2v) is 5.15. The van der Waals surface area contributed by atoms with Gasteiger partial charge < -0.3 is 15.2 Å². The van der Waals surface area contributed by atoms with Gasteiger partial charge in [-0.05, 0) is 49.9 Å². The Kier molecular flexibility index (Phi) is 4.77. The van der Waals surface area contributed by atoms with Crippen molar-refractivity contribution in [3.05, 3.63) is 30.1 Å². The molecule has 2 N–H and O–H groups in total. The van der Waals surface area contributed by atoms with Crippen LogP contribution in [0, 0.1) is 11.2 Å². The standard InChI is InChI=1S/C15H18FNO4/c16-11-3-5-12(6-4-11)21-10-2-1-9-17-13(18)15(7-8-15)14(19)20/h3-6H,1-2,7-10H2,(H,17,18)(H,19,20). The summed E-state index contributed by atoms with van der Waals surface area (Å²) in [5.74, 6) is -1.14. The van der Waals surface area contributed by atoms with E-state index in [-0.39, 0.29) is 5.82 Å². The van der Waals surface area contributed by atoms with E-state index in [0.717, 1.165) is 6.42 Å². The number of unbranched alkanes of at least 4 members (excludes halogenated alkanes) is 1. The van der Waals surface area contributed by atoms with Crippen molar-refractivity contribution in [2.45, 2.75) is 25.7 Å². The third kappa shape index (κ3) is 3.93. The first kappa shape index (κ1) is 15.3. The fraction of sp³-hybridized carbons (Fsp3) is 0.467. The maximum atomic E-state index is 12.7. The Balaban J connectivity index is 1.57. The van der Waals surface area contributed by atoms with Gasteiger partial charge in [-0.15, -0.1) is 0 Å². The average Bonchev–Trinajstić information content (AvgIpc) is 3.26. The van der Waals surface area contributed by atoms with Gasteiger partial charge in [-0.3, -0.25) is 9.59 Å². The third-order valence-corrected chi connectivity index (χ3v) is 3.53. The van der Waals surface area contributed by atoms with Gasteiger partial charge in [0.2, 0.25) is 5.91 Å². The van der Waals surface area contributed by atoms with Crippen LogP contribution in [0.2, 0.25) is 0 Å². The summed E-state index contributed by atoms with van der Waals surface area (Å²) >= 11 is 0. The Morgan fingerprint density at radius 3 is 2.48 bits per heavy atom. The van der Waals surface area contributed by atoms with Crippen LogP contribution in [-0.4, -0.2) is 30.1 Å². The number of carboxylic acid groups (broad SMARTS) is 1. The Labute approximate surface area is 122 Å². The number of aliphatic carboxylic acids is 1. The van der Waals surface area contributed by atoms with E-state index >= 15 is 0 Å². The number of carboxylic acids is 1. The molecule has 6 heteroatoms. The zero-order chi connectivity index (χ0) is 15.3. The van der Waals surface area contributed by atoms with Crippen LogP contribution in [0.4, 0.5) is 4.39 Å². The summed E-state index contributed by atoms with van der Waals surface area (Å²) < 4.78 is 18.1. The van der Waals surface area contributed by atoms with Crippen LogP contribution >= 0.6 is 0 Å². The van der Waals surface area contributed by atoms with Gasteiger partial charge in [0.05, 0.1) is 6.61 Å². The van der Waals surface area contributed by atoms with E-state index in [1.54, 1.807) is 12.1 Å². The van der Waals surface area contributed by atoms with Crippen molar-refractivity contribution in [1.29, 1.82) is 0 Å². The molecule has 114 valence electrons. The molecule has 0 unspecified atom stereocenters. The van der Waals surface area contributed by atoms with Crippen LogP contribution in [0.5, 0.6) is 5.75 Å². The van der Waals surface area contributed by atoms with Crippen LogP contribution in [0.25, 0.3) is 0 Å². The lowest BCUT2D eigenvalue weighted by molar-refractivity contribution is -0.149. The molecule has 0 atom stereocenters. The second kappa shape index (κ2) is 6.56. The number of ether oxygens (including phenoxy) is 1. The summed E-state index contributed by atoms with van der Waals surface area (Å²) in [6.45, 7) is 0.895. The van der Waals surface area contributed by atoms with Crippen LogP contribution < -0.4 is 10.1 Å². The summed E-state index contributed by atoms with van der Waals surface area (Å²) in [5, 5.41) is 11.6. The normalized spacial score (nSPS) is 15.3. The van der Waals surface area contributed by atoms with Gasteiger partial charge in [0.25, 0.3) is 0 Å². The minimum Gasteiger partial charge on any atom is -0.494 e. The summed E-state index contributed by atoms with van der Waals surface area (Å²) in [6.07, 6.45) is 2.25. The number of halogens is 1. The summed E-state index contributed by atoms with van der Waals surface area (Å²) in [6, 6.07) is 5.77. The summed E-state index contributed by atoms with van der Waals surface area (Å²) in [5.41, 5.74) is -1.18. The first-order valence-electron chi connectivity index (χ1n) is 6.95. The van der Waals surface area contributed by atoms with Crippen molar-refractivity contribution >= 4 is 11.9 Å². The zero-order valence-corrected chi connectivity index (χ0v) is 11.6.